The van der Waals surface area contributed by atoms with Crippen molar-refractivity contribution in [1.29, 1.82) is 0 Å². The molecule has 2 unspecified atom stereocenters. The molecule has 0 bridgehead atoms. The summed E-state index contributed by atoms with van der Waals surface area (Å²) in [7, 11) is 1.42. The van der Waals surface area contributed by atoms with Gasteiger partial charge in [0.05, 0.1) is 19.8 Å². The molecule has 0 N–H and O–H groups in total. The van der Waals surface area contributed by atoms with E-state index in [0.29, 0.717) is 17.9 Å². The summed E-state index contributed by atoms with van der Waals surface area (Å²) >= 11 is 0. The van der Waals surface area contributed by atoms with Crippen LogP contribution in [0.1, 0.15) is 37.7 Å². The van der Waals surface area contributed by atoms with E-state index in [4.69, 9.17) is 9.47 Å². The molecule has 0 spiro atoms. The lowest BCUT2D eigenvalue weighted by Crippen LogP contribution is -2.24. The smallest absolute Gasteiger partial charge is 0.167 e. The Kier molecular flexibility index (Phi) is 5.33. The number of ether oxygens (including phenoxy) is 2. The van der Waals surface area contributed by atoms with Crippen LogP contribution in [0.25, 0.3) is 11.1 Å². The monoisotopic (exact) mass is 350 g/mol. The van der Waals surface area contributed by atoms with E-state index in [2.05, 4.69) is 0 Å². The van der Waals surface area contributed by atoms with E-state index in [0.717, 1.165) is 25.3 Å². The second kappa shape index (κ2) is 7.48. The second-order valence-corrected chi connectivity index (χ2v) is 6.31. The molecular formula is C20H21F3O2. The third-order valence-electron chi connectivity index (χ3n) is 4.84. The fraction of sp³-hybridized carbons (Fsp3) is 0.400. The lowest BCUT2D eigenvalue weighted by atomic mass is 9.89. The van der Waals surface area contributed by atoms with E-state index in [1.165, 1.54) is 31.4 Å². The highest BCUT2D eigenvalue weighted by molar-refractivity contribution is 5.66. The highest BCUT2D eigenvalue weighted by Crippen LogP contribution is 2.35. The topological polar surface area (TPSA) is 18.5 Å². The fourth-order valence-electron chi connectivity index (χ4n) is 3.30. The molecule has 1 fully saturated rings. The van der Waals surface area contributed by atoms with Gasteiger partial charge in [0.25, 0.3) is 0 Å². The molecule has 1 heterocycles. The summed E-state index contributed by atoms with van der Waals surface area (Å²) in [6, 6.07) is 7.04. The van der Waals surface area contributed by atoms with E-state index in [-0.39, 0.29) is 23.1 Å². The Balaban J connectivity index is 1.91. The summed E-state index contributed by atoms with van der Waals surface area (Å²) < 4.78 is 54.0. The van der Waals surface area contributed by atoms with Crippen molar-refractivity contribution in [3.63, 3.8) is 0 Å². The van der Waals surface area contributed by atoms with Crippen LogP contribution >= 0.6 is 0 Å². The van der Waals surface area contributed by atoms with Crippen molar-refractivity contribution in [1.82, 2.24) is 0 Å². The minimum Gasteiger partial charge on any atom is -0.497 e. The number of benzene rings is 2. The first-order valence-electron chi connectivity index (χ1n) is 8.48. The van der Waals surface area contributed by atoms with Gasteiger partial charge in [0, 0.05) is 23.1 Å². The number of rotatable bonds is 4. The van der Waals surface area contributed by atoms with Gasteiger partial charge in [0.1, 0.15) is 11.6 Å². The molecule has 25 heavy (non-hydrogen) atoms. The fourth-order valence-corrected chi connectivity index (χ4v) is 3.30. The Bertz CT molecular complexity index is 753. The van der Waals surface area contributed by atoms with Crippen LogP contribution in [0.5, 0.6) is 5.75 Å². The van der Waals surface area contributed by atoms with Crippen molar-refractivity contribution < 1.29 is 22.6 Å². The summed E-state index contributed by atoms with van der Waals surface area (Å²) in [5.74, 6) is -2.46. The molecule has 0 aromatic heterocycles. The maximum absolute atomic E-state index is 14.6. The van der Waals surface area contributed by atoms with Crippen LogP contribution < -0.4 is 4.74 Å². The standard InChI is InChI=1S/C20H21F3O2/c1-3-13-5-4-12(11-25-13)15-8-9-17(20(23)19(15)22)16-7-6-14(24-2)10-18(16)21/h6-10,12-13H,3-5,11H2,1-2H3. The van der Waals surface area contributed by atoms with Gasteiger partial charge in [-0.15, -0.1) is 0 Å². The van der Waals surface area contributed by atoms with Crippen LogP contribution in [-0.2, 0) is 4.74 Å². The third kappa shape index (κ3) is 3.52. The molecule has 1 aliphatic heterocycles. The van der Waals surface area contributed by atoms with Gasteiger partial charge < -0.3 is 9.47 Å². The number of halogens is 3. The zero-order valence-electron chi connectivity index (χ0n) is 14.3. The lowest BCUT2D eigenvalue weighted by Gasteiger charge is -2.29. The van der Waals surface area contributed by atoms with Crippen LogP contribution in [0.15, 0.2) is 30.3 Å². The van der Waals surface area contributed by atoms with Gasteiger partial charge in [-0.25, -0.2) is 13.2 Å². The van der Waals surface area contributed by atoms with E-state index in [9.17, 15) is 13.2 Å². The second-order valence-electron chi connectivity index (χ2n) is 6.31. The highest BCUT2D eigenvalue weighted by Gasteiger charge is 2.26. The van der Waals surface area contributed by atoms with E-state index >= 15 is 0 Å². The van der Waals surface area contributed by atoms with Gasteiger partial charge in [-0.2, -0.15) is 0 Å². The molecule has 0 aliphatic carbocycles. The van der Waals surface area contributed by atoms with Crippen LogP contribution in [0.3, 0.4) is 0 Å². The molecule has 134 valence electrons. The predicted octanol–water partition coefficient (Wildman–Crippen LogP) is 5.45. The van der Waals surface area contributed by atoms with Gasteiger partial charge in [-0.05, 0) is 37.0 Å². The maximum Gasteiger partial charge on any atom is 0.167 e. The predicted molar refractivity (Wildman–Crippen MR) is 90.3 cm³/mol. The average Bonchev–Trinajstić information content (AvgIpc) is 2.64. The summed E-state index contributed by atoms with van der Waals surface area (Å²) in [5, 5.41) is 0. The summed E-state index contributed by atoms with van der Waals surface area (Å²) in [6.45, 7) is 2.43. The van der Waals surface area contributed by atoms with Crippen LogP contribution in [0.2, 0.25) is 0 Å². The first-order valence-corrected chi connectivity index (χ1v) is 8.48. The number of hydrogen-bond acceptors (Lipinski definition) is 2. The average molecular weight is 350 g/mol. The first-order chi connectivity index (χ1) is 12.0. The van der Waals surface area contributed by atoms with Crippen molar-refractivity contribution >= 4 is 0 Å². The first kappa shape index (κ1) is 17.8. The van der Waals surface area contributed by atoms with Crippen LogP contribution in [0.4, 0.5) is 13.2 Å². The molecule has 0 amide bonds. The Morgan fingerprint density at radius 3 is 2.40 bits per heavy atom. The van der Waals surface area contributed by atoms with E-state index < -0.39 is 17.5 Å². The van der Waals surface area contributed by atoms with Gasteiger partial charge >= 0.3 is 0 Å². The largest absolute Gasteiger partial charge is 0.497 e. The molecule has 2 nitrogen and oxygen atoms in total. The highest BCUT2D eigenvalue weighted by atomic mass is 19.2. The van der Waals surface area contributed by atoms with Crippen molar-refractivity contribution in [2.75, 3.05) is 13.7 Å². The molecule has 2 atom stereocenters. The van der Waals surface area contributed by atoms with Crippen molar-refractivity contribution in [3.05, 3.63) is 53.3 Å². The molecular weight excluding hydrogens is 329 g/mol. The van der Waals surface area contributed by atoms with Crippen LogP contribution in [0, 0.1) is 17.5 Å². The zero-order valence-corrected chi connectivity index (χ0v) is 14.3. The lowest BCUT2D eigenvalue weighted by molar-refractivity contribution is 0.00131. The third-order valence-corrected chi connectivity index (χ3v) is 4.84. The molecule has 1 aliphatic rings. The summed E-state index contributed by atoms with van der Waals surface area (Å²) in [5.41, 5.74) is 0.212. The molecule has 2 aromatic carbocycles. The quantitative estimate of drug-likeness (QED) is 0.730. The van der Waals surface area contributed by atoms with Gasteiger partial charge in [0.15, 0.2) is 11.6 Å². The molecule has 0 saturated carbocycles. The van der Waals surface area contributed by atoms with E-state index in [1.54, 1.807) is 0 Å². The molecule has 3 rings (SSSR count). The summed E-state index contributed by atoms with van der Waals surface area (Å²) in [4.78, 5) is 0. The minimum atomic E-state index is -1.03. The van der Waals surface area contributed by atoms with Crippen LogP contribution in [-0.4, -0.2) is 19.8 Å². The molecule has 5 heteroatoms. The van der Waals surface area contributed by atoms with Gasteiger partial charge in [-0.3, -0.25) is 0 Å². The number of hydrogen-bond donors (Lipinski definition) is 0. The normalized spacial score (nSPS) is 20.5. The Morgan fingerprint density at radius 2 is 1.80 bits per heavy atom. The molecule has 2 aromatic rings. The summed E-state index contributed by atoms with van der Waals surface area (Å²) in [6.07, 6.45) is 2.69. The van der Waals surface area contributed by atoms with Crippen molar-refractivity contribution in [2.24, 2.45) is 0 Å². The Morgan fingerprint density at radius 1 is 1.04 bits per heavy atom. The van der Waals surface area contributed by atoms with Crippen molar-refractivity contribution in [3.8, 4) is 16.9 Å². The van der Waals surface area contributed by atoms with E-state index in [1.807, 2.05) is 6.92 Å². The maximum atomic E-state index is 14.6. The molecule has 0 radical (unpaired) electrons. The SMILES string of the molecule is CCC1CCC(c2ccc(-c3ccc(OC)cc3F)c(F)c2F)CO1. The van der Waals surface area contributed by atoms with Gasteiger partial charge in [-0.1, -0.05) is 19.1 Å². The Labute approximate surface area is 145 Å². The number of methoxy groups -OCH3 is 1. The Hall–Kier alpha value is -2.01. The van der Waals surface area contributed by atoms with Crippen molar-refractivity contribution in [2.45, 2.75) is 38.2 Å². The minimum absolute atomic E-state index is 0.00897. The zero-order chi connectivity index (χ0) is 18.0. The molecule has 1 saturated heterocycles. The van der Waals surface area contributed by atoms with Gasteiger partial charge in [0.2, 0.25) is 0 Å².